The lowest BCUT2D eigenvalue weighted by Crippen LogP contribution is -2.51. The monoisotopic (exact) mass is 308 g/mol. The van der Waals surface area contributed by atoms with Gasteiger partial charge in [-0.25, -0.2) is 0 Å². The zero-order valence-corrected chi connectivity index (χ0v) is 14.3. The van der Waals surface area contributed by atoms with Crippen molar-refractivity contribution in [3.8, 4) is 0 Å². The summed E-state index contributed by atoms with van der Waals surface area (Å²) >= 11 is 0. The smallest absolute Gasteiger partial charge is 0.243 e. The van der Waals surface area contributed by atoms with Gasteiger partial charge in [-0.3, -0.25) is 4.79 Å². The van der Waals surface area contributed by atoms with Crippen molar-refractivity contribution >= 4 is 5.91 Å². The van der Waals surface area contributed by atoms with Crippen LogP contribution in [0.15, 0.2) is 4.52 Å². The van der Waals surface area contributed by atoms with Crippen molar-refractivity contribution < 1.29 is 9.32 Å². The second kappa shape index (κ2) is 7.22. The number of piperidine rings is 1. The highest BCUT2D eigenvalue weighted by Crippen LogP contribution is 2.21. The lowest BCUT2D eigenvalue weighted by Gasteiger charge is -2.39. The van der Waals surface area contributed by atoms with Crippen LogP contribution in [0.5, 0.6) is 0 Å². The summed E-state index contributed by atoms with van der Waals surface area (Å²) in [7, 11) is 0. The number of aryl methyl sites for hydroxylation is 1. The molecule has 0 aliphatic carbocycles. The van der Waals surface area contributed by atoms with Crippen LogP contribution >= 0.6 is 0 Å². The minimum atomic E-state index is 0.0348. The maximum absolute atomic E-state index is 12.1. The van der Waals surface area contributed by atoms with Crippen LogP contribution in [0.2, 0.25) is 0 Å². The van der Waals surface area contributed by atoms with Gasteiger partial charge in [-0.15, -0.1) is 0 Å². The Kier molecular flexibility index (Phi) is 5.56. The molecule has 0 saturated carbocycles. The number of carbonyl (C=O) groups excluding carboxylic acids is 1. The van der Waals surface area contributed by atoms with Crippen LogP contribution in [0, 0.1) is 11.8 Å². The zero-order chi connectivity index (χ0) is 16.3. The standard InChI is InChI=1S/C16H28N4O2/c1-6-14-18-15(22-19-14)12(5)17-13-7-8-20(9-11(13)4)16(21)10(2)3/h10-13,17H,6-9H2,1-5H3/t11-,12-,13-/m0/s1. The molecule has 1 saturated heterocycles. The number of nitrogens with zero attached hydrogens (tertiary/aromatic N) is 3. The molecule has 1 aliphatic rings. The second-order valence-electron chi connectivity index (χ2n) is 6.60. The molecule has 1 fully saturated rings. The predicted molar refractivity (Wildman–Crippen MR) is 84.2 cm³/mol. The molecule has 2 rings (SSSR count). The normalized spacial score (nSPS) is 23.8. The zero-order valence-electron chi connectivity index (χ0n) is 14.3. The molecule has 0 spiro atoms. The molecule has 1 aromatic heterocycles. The maximum Gasteiger partial charge on any atom is 0.243 e. The Balaban J connectivity index is 1.90. The predicted octanol–water partition coefficient (Wildman–Crippen LogP) is 2.18. The van der Waals surface area contributed by atoms with E-state index < -0.39 is 0 Å². The van der Waals surface area contributed by atoms with E-state index in [0.717, 1.165) is 31.8 Å². The molecule has 1 amide bonds. The molecule has 124 valence electrons. The third-order valence-corrected chi connectivity index (χ3v) is 4.35. The molecule has 1 aliphatic heterocycles. The van der Waals surface area contributed by atoms with E-state index in [-0.39, 0.29) is 17.9 Å². The van der Waals surface area contributed by atoms with Gasteiger partial charge in [0.25, 0.3) is 0 Å². The number of nitrogens with one attached hydrogen (secondary N) is 1. The van der Waals surface area contributed by atoms with E-state index in [9.17, 15) is 4.79 Å². The molecule has 0 unspecified atom stereocenters. The first kappa shape index (κ1) is 16.9. The molecule has 3 atom stereocenters. The number of likely N-dealkylation sites (tertiary alicyclic amines) is 1. The maximum atomic E-state index is 12.1. The number of hydrogen-bond acceptors (Lipinski definition) is 5. The van der Waals surface area contributed by atoms with E-state index in [1.807, 2.05) is 32.6 Å². The third kappa shape index (κ3) is 3.85. The van der Waals surface area contributed by atoms with Gasteiger partial charge in [0.1, 0.15) is 0 Å². The average Bonchev–Trinajstić information content (AvgIpc) is 2.97. The third-order valence-electron chi connectivity index (χ3n) is 4.35. The Hall–Kier alpha value is -1.43. The average molecular weight is 308 g/mol. The number of hydrogen-bond donors (Lipinski definition) is 1. The summed E-state index contributed by atoms with van der Waals surface area (Å²) in [5.74, 6) is 2.12. The number of rotatable bonds is 5. The number of carbonyl (C=O) groups is 1. The van der Waals surface area contributed by atoms with Crippen LogP contribution in [0.1, 0.15) is 58.8 Å². The number of aromatic nitrogens is 2. The fraction of sp³-hybridized carbons (Fsp3) is 0.812. The fourth-order valence-corrected chi connectivity index (χ4v) is 2.94. The molecule has 22 heavy (non-hydrogen) atoms. The molecule has 1 N–H and O–H groups in total. The van der Waals surface area contributed by atoms with Crippen molar-refractivity contribution in [1.29, 1.82) is 0 Å². The molecular formula is C16H28N4O2. The van der Waals surface area contributed by atoms with Crippen molar-refractivity contribution in [1.82, 2.24) is 20.4 Å². The van der Waals surface area contributed by atoms with E-state index in [1.54, 1.807) is 0 Å². The molecule has 6 heteroatoms. The van der Waals surface area contributed by atoms with Gasteiger partial charge < -0.3 is 14.7 Å². The van der Waals surface area contributed by atoms with Crippen LogP contribution in [-0.4, -0.2) is 40.1 Å². The molecule has 1 aromatic rings. The van der Waals surface area contributed by atoms with Crippen molar-refractivity contribution in [3.63, 3.8) is 0 Å². The first-order chi connectivity index (χ1) is 10.4. The van der Waals surface area contributed by atoms with E-state index in [4.69, 9.17) is 4.52 Å². The summed E-state index contributed by atoms with van der Waals surface area (Å²) < 4.78 is 5.30. The Bertz CT molecular complexity index is 500. The van der Waals surface area contributed by atoms with Gasteiger partial charge in [0.2, 0.25) is 11.8 Å². The van der Waals surface area contributed by atoms with E-state index in [0.29, 0.717) is 17.9 Å². The molecule has 0 aromatic carbocycles. The van der Waals surface area contributed by atoms with Gasteiger partial charge >= 0.3 is 0 Å². The van der Waals surface area contributed by atoms with Crippen LogP contribution in [0.3, 0.4) is 0 Å². The highest BCUT2D eigenvalue weighted by atomic mass is 16.5. The largest absolute Gasteiger partial charge is 0.342 e. The summed E-state index contributed by atoms with van der Waals surface area (Å²) in [6, 6.07) is 0.399. The first-order valence-corrected chi connectivity index (χ1v) is 8.29. The lowest BCUT2D eigenvalue weighted by molar-refractivity contribution is -0.136. The van der Waals surface area contributed by atoms with Crippen molar-refractivity contribution in [3.05, 3.63) is 11.7 Å². The summed E-state index contributed by atoms with van der Waals surface area (Å²) in [6.45, 7) is 11.8. The van der Waals surface area contributed by atoms with E-state index >= 15 is 0 Å². The van der Waals surface area contributed by atoms with Crippen molar-refractivity contribution in [2.45, 2.75) is 59.5 Å². The van der Waals surface area contributed by atoms with Gasteiger partial charge in [0, 0.05) is 31.5 Å². The molecule has 2 heterocycles. The van der Waals surface area contributed by atoms with E-state index in [2.05, 4.69) is 22.4 Å². The molecular weight excluding hydrogens is 280 g/mol. The first-order valence-electron chi connectivity index (χ1n) is 8.29. The SMILES string of the molecule is CCc1noc([C@H](C)N[C@H]2CCN(C(=O)C(C)C)C[C@@H]2C)n1. The molecule has 0 radical (unpaired) electrons. The van der Waals surface area contributed by atoms with Crippen molar-refractivity contribution in [2.24, 2.45) is 11.8 Å². The van der Waals surface area contributed by atoms with Gasteiger partial charge in [0.15, 0.2) is 5.82 Å². The quantitative estimate of drug-likeness (QED) is 0.902. The highest BCUT2D eigenvalue weighted by molar-refractivity contribution is 5.78. The van der Waals surface area contributed by atoms with Crippen LogP contribution in [0.25, 0.3) is 0 Å². The van der Waals surface area contributed by atoms with Gasteiger partial charge in [-0.2, -0.15) is 4.98 Å². The minimum absolute atomic E-state index is 0.0348. The van der Waals surface area contributed by atoms with E-state index in [1.165, 1.54) is 0 Å². The summed E-state index contributed by atoms with van der Waals surface area (Å²) in [4.78, 5) is 18.5. The summed E-state index contributed by atoms with van der Waals surface area (Å²) in [5.41, 5.74) is 0. The topological polar surface area (TPSA) is 71.3 Å². The van der Waals surface area contributed by atoms with Gasteiger partial charge in [-0.05, 0) is 19.3 Å². The Labute approximate surface area is 132 Å². The summed E-state index contributed by atoms with van der Waals surface area (Å²) in [5, 5.41) is 7.52. The van der Waals surface area contributed by atoms with Crippen LogP contribution in [-0.2, 0) is 11.2 Å². The van der Waals surface area contributed by atoms with Crippen LogP contribution < -0.4 is 5.32 Å². The Morgan fingerprint density at radius 3 is 2.73 bits per heavy atom. The highest BCUT2D eigenvalue weighted by Gasteiger charge is 2.31. The molecule has 0 bridgehead atoms. The fourth-order valence-electron chi connectivity index (χ4n) is 2.94. The molecule has 6 nitrogen and oxygen atoms in total. The van der Waals surface area contributed by atoms with Crippen LogP contribution in [0.4, 0.5) is 0 Å². The Morgan fingerprint density at radius 1 is 1.45 bits per heavy atom. The Morgan fingerprint density at radius 2 is 2.18 bits per heavy atom. The lowest BCUT2D eigenvalue weighted by atomic mass is 9.92. The summed E-state index contributed by atoms with van der Waals surface area (Å²) in [6.07, 6.45) is 1.74. The second-order valence-corrected chi connectivity index (χ2v) is 6.60. The minimum Gasteiger partial charge on any atom is -0.342 e. The van der Waals surface area contributed by atoms with Gasteiger partial charge in [0.05, 0.1) is 6.04 Å². The number of amides is 1. The van der Waals surface area contributed by atoms with Gasteiger partial charge in [-0.1, -0.05) is 32.9 Å². The van der Waals surface area contributed by atoms with Crippen molar-refractivity contribution in [2.75, 3.05) is 13.1 Å².